The first-order chi connectivity index (χ1) is 7.60. The lowest BCUT2D eigenvalue weighted by molar-refractivity contribution is -0.169. The number of carboxylic acid groups (broad SMARTS) is 1. The number of alkyl halides is 4. The van der Waals surface area contributed by atoms with Crippen LogP contribution in [-0.2, 0) is 9.59 Å². The highest BCUT2D eigenvalue weighted by atomic mass is 19.3. The van der Waals surface area contributed by atoms with Crippen molar-refractivity contribution in [3.8, 4) is 0 Å². The maximum atomic E-state index is 12.5. The van der Waals surface area contributed by atoms with Crippen LogP contribution in [0.4, 0.5) is 17.6 Å². The molecule has 1 atom stereocenters. The number of hydrogen-bond acceptors (Lipinski definition) is 2. The average Bonchev–Trinajstić information content (AvgIpc) is 2.15. The molecule has 0 bridgehead atoms. The monoisotopic (exact) mass is 259 g/mol. The van der Waals surface area contributed by atoms with Crippen LogP contribution in [0.5, 0.6) is 0 Å². The predicted molar refractivity (Wildman–Crippen MR) is 49.9 cm³/mol. The third kappa shape index (κ3) is 4.20. The molecule has 0 radical (unpaired) electrons. The van der Waals surface area contributed by atoms with E-state index in [1.165, 1.54) is 19.2 Å². The fourth-order valence-corrected chi connectivity index (χ4v) is 1.03. The van der Waals surface area contributed by atoms with E-state index in [2.05, 4.69) is 0 Å². The summed E-state index contributed by atoms with van der Waals surface area (Å²) < 4.78 is 48.5. The number of rotatable bonds is 6. The molecule has 0 aliphatic carbocycles. The van der Waals surface area contributed by atoms with E-state index in [1.54, 1.807) is 0 Å². The number of nitrogens with one attached hydrogen (secondary N) is 1. The zero-order valence-electron chi connectivity index (χ0n) is 9.21. The smallest absolute Gasteiger partial charge is 0.383 e. The molecule has 4 nitrogen and oxygen atoms in total. The summed E-state index contributed by atoms with van der Waals surface area (Å²) in [6.45, 7) is 2.40. The van der Waals surface area contributed by atoms with Gasteiger partial charge in [-0.15, -0.1) is 0 Å². The lowest BCUT2D eigenvalue weighted by Gasteiger charge is -2.19. The molecule has 0 fully saturated rings. The van der Waals surface area contributed by atoms with Gasteiger partial charge in [0, 0.05) is 6.54 Å². The summed E-state index contributed by atoms with van der Waals surface area (Å²) in [6.07, 6.45) is -4.12. The Balaban J connectivity index is 4.47. The molecule has 100 valence electrons. The fourth-order valence-electron chi connectivity index (χ4n) is 1.03. The Morgan fingerprint density at radius 1 is 1.29 bits per heavy atom. The zero-order chi connectivity index (χ0) is 13.8. The van der Waals surface area contributed by atoms with Crippen LogP contribution in [0.3, 0.4) is 0 Å². The molecule has 0 spiro atoms. The van der Waals surface area contributed by atoms with Gasteiger partial charge in [0.25, 0.3) is 5.91 Å². The van der Waals surface area contributed by atoms with E-state index in [0.717, 1.165) is 0 Å². The summed E-state index contributed by atoms with van der Waals surface area (Å²) in [5.74, 6) is -9.79. The van der Waals surface area contributed by atoms with Crippen molar-refractivity contribution >= 4 is 11.9 Å². The molecule has 0 aromatic carbocycles. The lowest BCUT2D eigenvalue weighted by Crippen LogP contribution is -2.47. The number of carbonyl (C=O) groups is 2. The van der Waals surface area contributed by atoms with Gasteiger partial charge in [0.05, 0.1) is 5.92 Å². The van der Waals surface area contributed by atoms with Gasteiger partial charge < -0.3 is 10.4 Å². The lowest BCUT2D eigenvalue weighted by atomic mass is 9.96. The molecule has 17 heavy (non-hydrogen) atoms. The number of halogens is 4. The molecule has 1 unspecified atom stereocenters. The van der Waals surface area contributed by atoms with Gasteiger partial charge in [0.15, 0.2) is 0 Å². The molecule has 0 heterocycles. The third-order valence-electron chi connectivity index (χ3n) is 2.18. The van der Waals surface area contributed by atoms with Crippen molar-refractivity contribution in [3.63, 3.8) is 0 Å². The molecule has 0 aliphatic rings. The Hall–Kier alpha value is -1.34. The SMILES string of the molecule is CC(C)C(CNC(=O)C(F)(F)C(F)F)C(=O)O. The molecule has 0 aliphatic heterocycles. The molecule has 0 rings (SSSR count). The van der Waals surface area contributed by atoms with Gasteiger partial charge in [0.1, 0.15) is 0 Å². The molecule has 8 heteroatoms. The molecule has 0 aromatic heterocycles. The maximum absolute atomic E-state index is 12.5. The molecular formula is C9H13F4NO3. The number of hydrogen-bond donors (Lipinski definition) is 2. The van der Waals surface area contributed by atoms with E-state index >= 15 is 0 Å². The van der Waals surface area contributed by atoms with Gasteiger partial charge in [-0.1, -0.05) is 13.8 Å². The van der Waals surface area contributed by atoms with Crippen LogP contribution >= 0.6 is 0 Å². The van der Waals surface area contributed by atoms with Crippen LogP contribution in [0.15, 0.2) is 0 Å². The van der Waals surface area contributed by atoms with Gasteiger partial charge in [-0.25, -0.2) is 8.78 Å². The number of carbonyl (C=O) groups excluding carboxylic acids is 1. The van der Waals surface area contributed by atoms with E-state index in [9.17, 15) is 27.2 Å². The molecule has 0 aromatic rings. The first-order valence-corrected chi connectivity index (χ1v) is 4.77. The van der Waals surface area contributed by atoms with Crippen molar-refractivity contribution in [3.05, 3.63) is 0 Å². The predicted octanol–water partition coefficient (Wildman–Crippen LogP) is 1.36. The van der Waals surface area contributed by atoms with Crippen LogP contribution in [-0.4, -0.2) is 35.9 Å². The first-order valence-electron chi connectivity index (χ1n) is 4.77. The van der Waals surface area contributed by atoms with Crippen molar-refractivity contribution in [2.75, 3.05) is 6.54 Å². The minimum Gasteiger partial charge on any atom is -0.481 e. The standard InChI is InChI=1S/C9H13F4NO3/c1-4(2)5(6(15)16)3-14-8(17)9(12,13)7(10)11/h4-5,7H,3H2,1-2H3,(H,14,17)(H,15,16). The van der Waals surface area contributed by atoms with Crippen LogP contribution in [0, 0.1) is 11.8 Å². The number of amides is 1. The maximum Gasteiger partial charge on any atom is 0.383 e. The quantitative estimate of drug-likeness (QED) is 0.708. The molecule has 0 saturated heterocycles. The largest absolute Gasteiger partial charge is 0.481 e. The fraction of sp³-hybridized carbons (Fsp3) is 0.778. The topological polar surface area (TPSA) is 66.4 Å². The van der Waals surface area contributed by atoms with Gasteiger partial charge in [0.2, 0.25) is 0 Å². The highest BCUT2D eigenvalue weighted by Gasteiger charge is 2.49. The highest BCUT2D eigenvalue weighted by molar-refractivity contribution is 5.84. The number of aliphatic carboxylic acids is 1. The summed E-state index contributed by atoms with van der Waals surface area (Å²) in [4.78, 5) is 21.4. The normalized spacial score (nSPS) is 13.9. The van der Waals surface area contributed by atoms with Crippen molar-refractivity contribution in [2.24, 2.45) is 11.8 Å². The Kier molecular flexibility index (Phi) is 5.37. The van der Waals surface area contributed by atoms with Gasteiger partial charge in [-0.2, -0.15) is 8.78 Å². The summed E-state index contributed by atoms with van der Waals surface area (Å²) in [5.41, 5.74) is 0. The van der Waals surface area contributed by atoms with Gasteiger partial charge >= 0.3 is 18.3 Å². The van der Waals surface area contributed by atoms with Crippen molar-refractivity contribution in [2.45, 2.75) is 26.2 Å². The minimum absolute atomic E-state index is 0.423. The van der Waals surface area contributed by atoms with Crippen LogP contribution in [0.2, 0.25) is 0 Å². The molecule has 1 amide bonds. The molecule has 2 N–H and O–H groups in total. The highest BCUT2D eigenvalue weighted by Crippen LogP contribution is 2.23. The third-order valence-corrected chi connectivity index (χ3v) is 2.18. The summed E-state index contributed by atoms with van der Waals surface area (Å²) in [7, 11) is 0. The average molecular weight is 259 g/mol. The second kappa shape index (κ2) is 5.83. The Morgan fingerprint density at radius 3 is 2.06 bits per heavy atom. The van der Waals surface area contributed by atoms with E-state index in [-0.39, 0.29) is 0 Å². The first kappa shape index (κ1) is 15.7. The summed E-state index contributed by atoms with van der Waals surface area (Å²) in [6, 6.07) is 0. The van der Waals surface area contributed by atoms with E-state index in [4.69, 9.17) is 5.11 Å². The minimum atomic E-state index is -4.81. The van der Waals surface area contributed by atoms with Crippen LogP contribution in [0.25, 0.3) is 0 Å². The summed E-state index contributed by atoms with van der Waals surface area (Å²) in [5, 5.41) is 10.2. The Bertz CT molecular complexity index is 294. The van der Waals surface area contributed by atoms with Crippen LogP contribution < -0.4 is 5.32 Å². The second-order valence-corrected chi connectivity index (χ2v) is 3.82. The van der Waals surface area contributed by atoms with Crippen LogP contribution in [0.1, 0.15) is 13.8 Å². The second-order valence-electron chi connectivity index (χ2n) is 3.82. The van der Waals surface area contributed by atoms with Crippen molar-refractivity contribution in [1.29, 1.82) is 0 Å². The van der Waals surface area contributed by atoms with Gasteiger partial charge in [-0.05, 0) is 5.92 Å². The zero-order valence-corrected chi connectivity index (χ0v) is 9.21. The molecular weight excluding hydrogens is 246 g/mol. The Labute approximate surface area is 95.0 Å². The number of carboxylic acids is 1. The van der Waals surface area contributed by atoms with Crippen molar-refractivity contribution < 1.29 is 32.3 Å². The van der Waals surface area contributed by atoms with E-state index in [1.807, 2.05) is 0 Å². The Morgan fingerprint density at radius 2 is 1.76 bits per heavy atom. The van der Waals surface area contributed by atoms with Crippen molar-refractivity contribution in [1.82, 2.24) is 5.32 Å². The van der Waals surface area contributed by atoms with Gasteiger partial charge in [-0.3, -0.25) is 9.59 Å². The summed E-state index contributed by atoms with van der Waals surface area (Å²) >= 11 is 0. The van der Waals surface area contributed by atoms with E-state index in [0.29, 0.717) is 0 Å². The molecule has 0 saturated carbocycles. The van der Waals surface area contributed by atoms with E-state index < -0.39 is 42.6 Å².